The predicted molar refractivity (Wildman–Crippen MR) is 59.8 cm³/mol. The summed E-state index contributed by atoms with van der Waals surface area (Å²) in [5.74, 6) is 0. The van der Waals surface area contributed by atoms with Crippen LogP contribution in [0.4, 0.5) is 5.69 Å². The van der Waals surface area contributed by atoms with Crippen molar-refractivity contribution in [1.82, 2.24) is 9.78 Å². The third-order valence-corrected chi connectivity index (χ3v) is 3.38. The third-order valence-electron chi connectivity index (χ3n) is 2.59. The lowest BCUT2D eigenvalue weighted by Gasteiger charge is -2.19. The van der Waals surface area contributed by atoms with Crippen molar-refractivity contribution >= 4 is 16.6 Å². The van der Waals surface area contributed by atoms with E-state index in [0.29, 0.717) is 12.2 Å². The van der Waals surface area contributed by atoms with E-state index in [-0.39, 0.29) is 6.10 Å². The summed E-state index contributed by atoms with van der Waals surface area (Å²) >= 11 is 0. The van der Waals surface area contributed by atoms with E-state index in [1.165, 1.54) is 4.31 Å². The van der Waals surface area contributed by atoms with Gasteiger partial charge in [0.25, 0.3) is 0 Å². The van der Waals surface area contributed by atoms with Crippen molar-refractivity contribution in [2.75, 3.05) is 17.5 Å². The zero-order chi connectivity index (χ0) is 11.5. The average Bonchev–Trinajstić information content (AvgIpc) is 2.84. The number of thiol groups is 1. The molecule has 0 aromatic carbocycles. The van der Waals surface area contributed by atoms with Crippen LogP contribution in [0.3, 0.4) is 0 Å². The SMILES string of the molecule is Cn1cc(N(CC2CCCO2)[SH](=O)=O)cn1. The molecule has 1 saturated heterocycles. The number of ether oxygens (including phenoxy) is 1. The lowest BCUT2D eigenvalue weighted by atomic mass is 10.2. The van der Waals surface area contributed by atoms with Crippen LogP contribution in [0.25, 0.3) is 0 Å². The fraction of sp³-hybridized carbons (Fsp3) is 0.667. The van der Waals surface area contributed by atoms with E-state index in [1.807, 2.05) is 0 Å². The van der Waals surface area contributed by atoms with Crippen LogP contribution >= 0.6 is 0 Å². The predicted octanol–water partition coefficient (Wildman–Crippen LogP) is -0.0681. The van der Waals surface area contributed by atoms with Gasteiger partial charge in [0, 0.05) is 19.9 Å². The molecule has 1 aromatic heterocycles. The summed E-state index contributed by atoms with van der Waals surface area (Å²) in [7, 11) is -0.887. The summed E-state index contributed by atoms with van der Waals surface area (Å²) in [5, 5.41) is 3.96. The van der Waals surface area contributed by atoms with Crippen molar-refractivity contribution in [3.05, 3.63) is 12.4 Å². The Morgan fingerprint density at radius 1 is 1.69 bits per heavy atom. The summed E-state index contributed by atoms with van der Waals surface area (Å²) in [6.45, 7) is 1.10. The molecule has 2 rings (SSSR count). The molecule has 1 fully saturated rings. The van der Waals surface area contributed by atoms with E-state index >= 15 is 0 Å². The Morgan fingerprint density at radius 2 is 2.50 bits per heavy atom. The van der Waals surface area contributed by atoms with E-state index in [0.717, 1.165) is 19.4 Å². The fourth-order valence-corrected chi connectivity index (χ4v) is 2.40. The van der Waals surface area contributed by atoms with Gasteiger partial charge in [-0.25, -0.2) is 8.42 Å². The average molecular weight is 245 g/mol. The smallest absolute Gasteiger partial charge is 0.225 e. The Balaban J connectivity index is 2.10. The first-order valence-corrected chi connectivity index (χ1v) is 6.32. The van der Waals surface area contributed by atoms with Crippen LogP contribution in [0.1, 0.15) is 12.8 Å². The van der Waals surface area contributed by atoms with Gasteiger partial charge in [0.2, 0.25) is 10.9 Å². The first-order chi connectivity index (χ1) is 7.66. The second-order valence-corrected chi connectivity index (χ2v) is 4.79. The second-order valence-electron chi connectivity index (χ2n) is 3.83. The van der Waals surface area contributed by atoms with Crippen LogP contribution in [0.15, 0.2) is 12.4 Å². The Hall–Kier alpha value is -1.08. The molecule has 16 heavy (non-hydrogen) atoms. The topological polar surface area (TPSA) is 64.4 Å². The van der Waals surface area contributed by atoms with Gasteiger partial charge < -0.3 is 4.74 Å². The molecule has 1 aliphatic heterocycles. The normalized spacial score (nSPS) is 20.5. The maximum Gasteiger partial charge on any atom is 0.225 e. The summed E-state index contributed by atoms with van der Waals surface area (Å²) in [5.41, 5.74) is 0.592. The summed E-state index contributed by atoms with van der Waals surface area (Å²) in [4.78, 5) is 0. The van der Waals surface area contributed by atoms with E-state index in [9.17, 15) is 8.42 Å². The summed E-state index contributed by atoms with van der Waals surface area (Å²) < 4.78 is 30.7. The number of hydrogen-bond acceptors (Lipinski definition) is 4. The Labute approximate surface area is 95.9 Å². The Kier molecular flexibility index (Phi) is 3.45. The van der Waals surface area contributed by atoms with Crippen LogP contribution in [-0.2, 0) is 22.7 Å². The minimum atomic E-state index is -2.64. The van der Waals surface area contributed by atoms with Gasteiger partial charge in [0.15, 0.2) is 0 Å². The first kappa shape index (κ1) is 11.4. The number of rotatable bonds is 4. The van der Waals surface area contributed by atoms with Gasteiger partial charge in [-0.15, -0.1) is 0 Å². The van der Waals surface area contributed by atoms with Crippen molar-refractivity contribution in [3.8, 4) is 0 Å². The monoisotopic (exact) mass is 245 g/mol. The van der Waals surface area contributed by atoms with Crippen molar-refractivity contribution in [3.63, 3.8) is 0 Å². The highest BCUT2D eigenvalue weighted by Gasteiger charge is 2.21. The minimum Gasteiger partial charge on any atom is -0.376 e. The molecular formula is C9H15N3O3S. The van der Waals surface area contributed by atoms with Gasteiger partial charge in [-0.05, 0) is 12.8 Å². The molecule has 0 radical (unpaired) electrons. The number of aromatic nitrogens is 2. The third kappa shape index (κ3) is 2.53. The second kappa shape index (κ2) is 4.84. The van der Waals surface area contributed by atoms with Crippen molar-refractivity contribution < 1.29 is 13.2 Å². The lowest BCUT2D eigenvalue weighted by molar-refractivity contribution is 0.118. The Morgan fingerprint density at radius 3 is 3.00 bits per heavy atom. The van der Waals surface area contributed by atoms with Crippen LogP contribution in [-0.4, -0.2) is 37.5 Å². The molecule has 1 unspecified atom stereocenters. The molecule has 1 atom stereocenters. The molecule has 1 aromatic rings. The zero-order valence-corrected chi connectivity index (χ0v) is 9.97. The van der Waals surface area contributed by atoms with Crippen molar-refractivity contribution in [2.24, 2.45) is 7.05 Å². The Bertz CT molecular complexity index is 415. The number of hydrogen-bond donors (Lipinski definition) is 1. The molecule has 2 heterocycles. The molecule has 1 aliphatic rings. The first-order valence-electron chi connectivity index (χ1n) is 5.19. The highest BCUT2D eigenvalue weighted by atomic mass is 32.2. The van der Waals surface area contributed by atoms with Gasteiger partial charge in [-0.1, -0.05) is 0 Å². The van der Waals surface area contributed by atoms with Crippen LogP contribution in [0.5, 0.6) is 0 Å². The van der Waals surface area contributed by atoms with E-state index in [2.05, 4.69) is 5.10 Å². The number of anilines is 1. The number of nitrogens with zero attached hydrogens (tertiary/aromatic N) is 3. The highest BCUT2D eigenvalue weighted by Crippen LogP contribution is 2.18. The molecule has 0 amide bonds. The van der Waals surface area contributed by atoms with Gasteiger partial charge in [0.1, 0.15) is 0 Å². The van der Waals surface area contributed by atoms with Crippen LogP contribution in [0, 0.1) is 0 Å². The van der Waals surface area contributed by atoms with Gasteiger partial charge in [0.05, 0.1) is 24.5 Å². The molecule has 90 valence electrons. The number of aryl methyl sites for hydroxylation is 1. The maximum absolute atomic E-state index is 11.2. The quantitative estimate of drug-likeness (QED) is 0.754. The zero-order valence-electron chi connectivity index (χ0n) is 9.07. The minimum absolute atomic E-state index is 0.00751. The summed E-state index contributed by atoms with van der Waals surface area (Å²) in [6, 6.07) is 0. The summed E-state index contributed by atoms with van der Waals surface area (Å²) in [6.07, 6.45) is 5.15. The molecular weight excluding hydrogens is 230 g/mol. The van der Waals surface area contributed by atoms with Crippen LogP contribution in [0.2, 0.25) is 0 Å². The maximum atomic E-state index is 11.2. The van der Waals surface area contributed by atoms with Gasteiger partial charge in [-0.3, -0.25) is 8.99 Å². The molecule has 6 nitrogen and oxygen atoms in total. The highest BCUT2D eigenvalue weighted by molar-refractivity contribution is 7.74. The molecule has 7 heteroatoms. The van der Waals surface area contributed by atoms with Crippen molar-refractivity contribution in [1.29, 1.82) is 0 Å². The molecule has 0 aliphatic carbocycles. The molecule has 0 N–H and O–H groups in total. The fourth-order valence-electron chi connectivity index (χ4n) is 1.79. The van der Waals surface area contributed by atoms with E-state index in [4.69, 9.17) is 4.74 Å². The largest absolute Gasteiger partial charge is 0.376 e. The van der Waals surface area contributed by atoms with E-state index in [1.54, 1.807) is 24.1 Å². The van der Waals surface area contributed by atoms with Crippen LogP contribution < -0.4 is 4.31 Å². The lowest BCUT2D eigenvalue weighted by Crippen LogP contribution is -2.30. The van der Waals surface area contributed by atoms with E-state index < -0.39 is 10.9 Å². The molecule has 0 spiro atoms. The van der Waals surface area contributed by atoms with Gasteiger partial charge in [-0.2, -0.15) is 5.10 Å². The molecule has 0 bridgehead atoms. The molecule has 0 saturated carbocycles. The van der Waals surface area contributed by atoms with Gasteiger partial charge >= 0.3 is 0 Å². The van der Waals surface area contributed by atoms with Crippen molar-refractivity contribution in [2.45, 2.75) is 18.9 Å². The standard InChI is InChI=1S/C9H15N3O3S/c1-11-6-8(5-10-11)12(16(13)14)7-9-3-2-4-15-9/h5-6,9,16H,2-4,7H2,1H3.